The van der Waals surface area contributed by atoms with Crippen LogP contribution in [0.2, 0.25) is 0 Å². The van der Waals surface area contributed by atoms with Gasteiger partial charge in [0.1, 0.15) is 0 Å². The Hall–Kier alpha value is -1.35. The number of nitrogens with zero attached hydrogens (tertiary/aromatic N) is 1. The molecule has 100 valence electrons. The highest BCUT2D eigenvalue weighted by Crippen LogP contribution is 2.52. The fourth-order valence-electron chi connectivity index (χ4n) is 3.63. The molecule has 3 aliphatic rings. The van der Waals surface area contributed by atoms with Gasteiger partial charge in [-0.2, -0.15) is 0 Å². The van der Waals surface area contributed by atoms with E-state index in [0.29, 0.717) is 5.91 Å². The summed E-state index contributed by atoms with van der Waals surface area (Å²) in [5.74, 6) is 0.343. The van der Waals surface area contributed by atoms with Gasteiger partial charge < -0.3 is 9.64 Å². The van der Waals surface area contributed by atoms with Gasteiger partial charge in [-0.15, -0.1) is 0 Å². The molecule has 0 bridgehead atoms. The molecule has 2 aliphatic heterocycles. The van der Waals surface area contributed by atoms with Crippen molar-refractivity contribution in [3.8, 4) is 0 Å². The van der Waals surface area contributed by atoms with Crippen LogP contribution < -0.4 is 0 Å². The lowest BCUT2D eigenvalue weighted by Gasteiger charge is -2.51. The van der Waals surface area contributed by atoms with Crippen LogP contribution in [0.1, 0.15) is 31.2 Å². The molecule has 1 atom stereocenters. The molecule has 4 rings (SSSR count). The minimum absolute atomic E-state index is 0.0431. The van der Waals surface area contributed by atoms with Crippen molar-refractivity contribution in [3.63, 3.8) is 0 Å². The number of carbonyl (C=O) groups is 1. The molecule has 1 spiro atoms. The molecule has 2 heterocycles. The smallest absolute Gasteiger partial charge is 0.233 e. The topological polar surface area (TPSA) is 29.5 Å². The van der Waals surface area contributed by atoms with E-state index in [2.05, 4.69) is 17.0 Å². The first-order valence-electron chi connectivity index (χ1n) is 7.22. The van der Waals surface area contributed by atoms with Crippen molar-refractivity contribution >= 4 is 5.91 Å². The summed E-state index contributed by atoms with van der Waals surface area (Å²) in [6.07, 6.45) is 4.14. The Morgan fingerprint density at radius 1 is 1.11 bits per heavy atom. The minimum Gasteiger partial charge on any atom is -0.379 e. The lowest BCUT2D eigenvalue weighted by molar-refractivity contribution is -0.150. The standard InChI is InChI=1S/C16H19NO2/c18-14(17-10-8-15(17)9-11-19-12-15)16(6-7-16)13-4-2-1-3-5-13/h1-5H,6-12H2. The Labute approximate surface area is 113 Å². The monoisotopic (exact) mass is 257 g/mol. The van der Waals surface area contributed by atoms with Crippen LogP contribution in [0.3, 0.4) is 0 Å². The fraction of sp³-hybridized carbons (Fsp3) is 0.562. The Kier molecular flexibility index (Phi) is 2.31. The molecule has 19 heavy (non-hydrogen) atoms. The first-order chi connectivity index (χ1) is 9.27. The fourth-order valence-corrected chi connectivity index (χ4v) is 3.63. The molecule has 3 nitrogen and oxygen atoms in total. The van der Waals surface area contributed by atoms with Crippen LogP contribution in [0.5, 0.6) is 0 Å². The quantitative estimate of drug-likeness (QED) is 0.812. The van der Waals surface area contributed by atoms with Gasteiger partial charge in [0, 0.05) is 13.2 Å². The molecular formula is C16H19NO2. The number of carbonyl (C=O) groups excluding carboxylic acids is 1. The van der Waals surface area contributed by atoms with Crippen molar-refractivity contribution < 1.29 is 9.53 Å². The van der Waals surface area contributed by atoms with Gasteiger partial charge in [-0.1, -0.05) is 30.3 Å². The van der Waals surface area contributed by atoms with Gasteiger partial charge in [0.2, 0.25) is 5.91 Å². The molecule has 1 aliphatic carbocycles. The largest absolute Gasteiger partial charge is 0.379 e. The third-order valence-corrected chi connectivity index (χ3v) is 5.19. The van der Waals surface area contributed by atoms with Crippen LogP contribution >= 0.6 is 0 Å². The van der Waals surface area contributed by atoms with Crippen molar-refractivity contribution in [2.45, 2.75) is 36.6 Å². The average molecular weight is 257 g/mol. The van der Waals surface area contributed by atoms with Crippen LogP contribution in [0.25, 0.3) is 0 Å². The third-order valence-electron chi connectivity index (χ3n) is 5.19. The molecule has 0 N–H and O–H groups in total. The maximum absolute atomic E-state index is 12.9. The molecule has 1 amide bonds. The van der Waals surface area contributed by atoms with E-state index >= 15 is 0 Å². The molecule has 1 saturated carbocycles. The molecule has 2 saturated heterocycles. The lowest BCUT2D eigenvalue weighted by atomic mass is 9.81. The minimum atomic E-state index is -0.211. The number of hydrogen-bond donors (Lipinski definition) is 0. The lowest BCUT2D eigenvalue weighted by Crippen LogP contribution is -2.64. The van der Waals surface area contributed by atoms with Crippen LogP contribution in [0.4, 0.5) is 0 Å². The summed E-state index contributed by atoms with van der Waals surface area (Å²) in [4.78, 5) is 15.1. The molecule has 3 heteroatoms. The van der Waals surface area contributed by atoms with E-state index in [-0.39, 0.29) is 11.0 Å². The maximum atomic E-state index is 12.9. The van der Waals surface area contributed by atoms with Crippen molar-refractivity contribution in [1.82, 2.24) is 4.90 Å². The Balaban J connectivity index is 1.61. The van der Waals surface area contributed by atoms with Gasteiger partial charge in [0.25, 0.3) is 0 Å². The predicted octanol–water partition coefficient (Wildman–Crippen LogP) is 2.11. The molecule has 1 aromatic rings. The van der Waals surface area contributed by atoms with E-state index in [1.807, 2.05) is 18.2 Å². The van der Waals surface area contributed by atoms with E-state index in [9.17, 15) is 4.79 Å². The zero-order valence-corrected chi connectivity index (χ0v) is 11.1. The Bertz CT molecular complexity index is 501. The van der Waals surface area contributed by atoms with Crippen LogP contribution in [0.15, 0.2) is 30.3 Å². The van der Waals surface area contributed by atoms with E-state index < -0.39 is 0 Å². The summed E-state index contributed by atoms with van der Waals surface area (Å²) in [5, 5.41) is 0. The van der Waals surface area contributed by atoms with E-state index in [1.54, 1.807) is 0 Å². The Morgan fingerprint density at radius 3 is 2.42 bits per heavy atom. The molecule has 1 aromatic carbocycles. The highest BCUT2D eigenvalue weighted by Gasteiger charge is 2.59. The summed E-state index contributed by atoms with van der Waals surface area (Å²) in [7, 11) is 0. The summed E-state index contributed by atoms with van der Waals surface area (Å²) in [6, 6.07) is 10.3. The predicted molar refractivity (Wildman–Crippen MR) is 71.9 cm³/mol. The van der Waals surface area contributed by atoms with E-state index in [0.717, 1.165) is 45.4 Å². The number of rotatable bonds is 2. The van der Waals surface area contributed by atoms with Gasteiger partial charge in [0.05, 0.1) is 17.6 Å². The van der Waals surface area contributed by atoms with Crippen molar-refractivity contribution in [2.75, 3.05) is 19.8 Å². The Morgan fingerprint density at radius 2 is 1.89 bits per heavy atom. The maximum Gasteiger partial charge on any atom is 0.233 e. The molecular weight excluding hydrogens is 238 g/mol. The zero-order chi connectivity index (χ0) is 12.9. The van der Waals surface area contributed by atoms with Gasteiger partial charge in [-0.05, 0) is 31.2 Å². The van der Waals surface area contributed by atoms with Gasteiger partial charge in [0.15, 0.2) is 0 Å². The second kappa shape index (κ2) is 3.83. The van der Waals surface area contributed by atoms with Crippen LogP contribution in [-0.2, 0) is 14.9 Å². The van der Waals surface area contributed by atoms with Gasteiger partial charge in [-0.3, -0.25) is 4.79 Å². The number of benzene rings is 1. The van der Waals surface area contributed by atoms with Gasteiger partial charge in [-0.25, -0.2) is 0 Å². The van der Waals surface area contributed by atoms with Crippen molar-refractivity contribution in [2.24, 2.45) is 0 Å². The molecule has 0 radical (unpaired) electrons. The summed E-state index contributed by atoms with van der Waals surface area (Å²) >= 11 is 0. The van der Waals surface area contributed by atoms with E-state index in [1.165, 1.54) is 5.56 Å². The van der Waals surface area contributed by atoms with Crippen LogP contribution in [-0.4, -0.2) is 36.1 Å². The second-order valence-corrected chi connectivity index (χ2v) is 6.18. The number of likely N-dealkylation sites (tertiary alicyclic amines) is 1. The highest BCUT2D eigenvalue weighted by atomic mass is 16.5. The molecule has 0 aromatic heterocycles. The average Bonchev–Trinajstić information content (AvgIpc) is 3.08. The molecule has 3 fully saturated rings. The summed E-state index contributed by atoms with van der Waals surface area (Å²) in [5.41, 5.74) is 1.03. The summed E-state index contributed by atoms with van der Waals surface area (Å²) < 4.78 is 5.53. The normalized spacial score (nSPS) is 31.3. The molecule has 1 unspecified atom stereocenters. The van der Waals surface area contributed by atoms with Gasteiger partial charge >= 0.3 is 0 Å². The van der Waals surface area contributed by atoms with E-state index in [4.69, 9.17) is 4.74 Å². The zero-order valence-electron chi connectivity index (χ0n) is 11.1. The first kappa shape index (κ1) is 11.5. The number of hydrogen-bond acceptors (Lipinski definition) is 2. The third kappa shape index (κ3) is 1.51. The highest BCUT2D eigenvalue weighted by molar-refractivity contribution is 5.92. The summed E-state index contributed by atoms with van der Waals surface area (Å²) in [6.45, 7) is 2.46. The van der Waals surface area contributed by atoms with Crippen molar-refractivity contribution in [1.29, 1.82) is 0 Å². The van der Waals surface area contributed by atoms with Crippen LogP contribution in [0, 0.1) is 0 Å². The first-order valence-corrected chi connectivity index (χ1v) is 7.22. The SMILES string of the molecule is O=C(N1CCC12CCOC2)C1(c2ccccc2)CC1. The number of amides is 1. The van der Waals surface area contributed by atoms with Crippen molar-refractivity contribution in [3.05, 3.63) is 35.9 Å². The number of ether oxygens (including phenoxy) is 1. The second-order valence-electron chi connectivity index (χ2n) is 6.18.